The number of amides is 1. The van der Waals surface area contributed by atoms with Crippen LogP contribution in [0.5, 0.6) is 5.75 Å². The van der Waals surface area contributed by atoms with Crippen LogP contribution in [0.3, 0.4) is 0 Å². The quantitative estimate of drug-likeness (QED) is 0.734. The number of para-hydroxylation sites is 1. The molecule has 0 unspecified atom stereocenters. The van der Waals surface area contributed by atoms with Gasteiger partial charge in [0.05, 0.1) is 19.3 Å². The summed E-state index contributed by atoms with van der Waals surface area (Å²) in [7, 11) is 1.55. The van der Waals surface area contributed by atoms with Crippen LogP contribution in [0.4, 0.5) is 5.69 Å². The molecule has 0 bridgehead atoms. The molecule has 2 rings (SSSR count). The highest BCUT2D eigenvalue weighted by atomic mass is 16.5. The first-order valence-corrected chi connectivity index (χ1v) is 8.32. The molecule has 1 N–H and O–H groups in total. The van der Waals surface area contributed by atoms with Gasteiger partial charge in [-0.3, -0.25) is 4.79 Å². The first-order chi connectivity index (χ1) is 12.5. The van der Waals surface area contributed by atoms with E-state index in [4.69, 9.17) is 14.2 Å². The van der Waals surface area contributed by atoms with Crippen LogP contribution in [0, 0.1) is 6.92 Å². The predicted octanol–water partition coefficient (Wildman–Crippen LogP) is 3.34. The van der Waals surface area contributed by atoms with E-state index in [-0.39, 0.29) is 6.61 Å². The van der Waals surface area contributed by atoms with E-state index in [9.17, 15) is 9.59 Å². The zero-order valence-electron chi connectivity index (χ0n) is 15.2. The fourth-order valence-corrected chi connectivity index (χ4v) is 2.34. The van der Waals surface area contributed by atoms with E-state index in [2.05, 4.69) is 5.32 Å². The summed E-state index contributed by atoms with van der Waals surface area (Å²) in [6.07, 6.45) is 0. The number of esters is 1. The lowest BCUT2D eigenvalue weighted by Gasteiger charge is -2.11. The van der Waals surface area contributed by atoms with Crippen LogP contribution in [-0.4, -0.2) is 32.2 Å². The van der Waals surface area contributed by atoms with Crippen molar-refractivity contribution in [1.82, 2.24) is 0 Å². The van der Waals surface area contributed by atoms with Gasteiger partial charge in [0.1, 0.15) is 5.75 Å². The number of nitrogens with one attached hydrogen (secondary N) is 1. The van der Waals surface area contributed by atoms with Crippen molar-refractivity contribution in [3.63, 3.8) is 0 Å². The zero-order valence-corrected chi connectivity index (χ0v) is 15.2. The molecule has 2 aromatic rings. The molecule has 0 radical (unpaired) electrons. The van der Waals surface area contributed by atoms with Gasteiger partial charge in [-0.25, -0.2) is 4.79 Å². The van der Waals surface area contributed by atoms with Gasteiger partial charge in [-0.15, -0.1) is 0 Å². The Morgan fingerprint density at radius 1 is 1.12 bits per heavy atom. The number of benzene rings is 2. The summed E-state index contributed by atoms with van der Waals surface area (Å²) >= 11 is 0. The van der Waals surface area contributed by atoms with Crippen LogP contribution in [0.2, 0.25) is 0 Å². The highest BCUT2D eigenvalue weighted by Crippen LogP contribution is 2.21. The van der Waals surface area contributed by atoms with E-state index >= 15 is 0 Å². The van der Waals surface area contributed by atoms with Gasteiger partial charge in [-0.2, -0.15) is 0 Å². The molecular weight excluding hydrogens is 334 g/mol. The fraction of sp³-hybridized carbons (Fsp3) is 0.300. The Morgan fingerprint density at radius 3 is 2.58 bits per heavy atom. The Kier molecular flexibility index (Phi) is 7.17. The largest absolute Gasteiger partial charge is 0.496 e. The summed E-state index contributed by atoms with van der Waals surface area (Å²) in [4.78, 5) is 24.2. The van der Waals surface area contributed by atoms with Gasteiger partial charge in [-0.1, -0.05) is 18.2 Å². The lowest BCUT2D eigenvalue weighted by atomic mass is 10.1. The molecule has 0 saturated heterocycles. The topological polar surface area (TPSA) is 73.9 Å². The molecule has 0 heterocycles. The van der Waals surface area contributed by atoms with Crippen molar-refractivity contribution in [1.29, 1.82) is 0 Å². The molecule has 0 fully saturated rings. The lowest BCUT2D eigenvalue weighted by Crippen LogP contribution is -2.21. The van der Waals surface area contributed by atoms with Crippen LogP contribution in [0.15, 0.2) is 42.5 Å². The van der Waals surface area contributed by atoms with Crippen molar-refractivity contribution >= 4 is 17.6 Å². The molecule has 0 atom stereocenters. The van der Waals surface area contributed by atoms with Gasteiger partial charge >= 0.3 is 5.97 Å². The van der Waals surface area contributed by atoms with Crippen molar-refractivity contribution < 1.29 is 23.8 Å². The average molecular weight is 357 g/mol. The Balaban J connectivity index is 1.96. The smallest absolute Gasteiger partial charge is 0.338 e. The summed E-state index contributed by atoms with van der Waals surface area (Å²) in [6, 6.07) is 12.3. The maximum atomic E-state index is 12.2. The number of hydrogen-bond donors (Lipinski definition) is 1. The summed E-state index contributed by atoms with van der Waals surface area (Å²) in [5, 5.41) is 2.72. The van der Waals surface area contributed by atoms with Crippen molar-refractivity contribution in [3.8, 4) is 5.75 Å². The second-order valence-corrected chi connectivity index (χ2v) is 5.60. The second kappa shape index (κ2) is 9.58. The number of hydrogen-bond acceptors (Lipinski definition) is 5. The number of anilines is 1. The van der Waals surface area contributed by atoms with Gasteiger partial charge < -0.3 is 19.5 Å². The number of aryl methyl sites for hydroxylation is 1. The minimum atomic E-state index is -0.578. The first kappa shape index (κ1) is 19.5. The zero-order chi connectivity index (χ0) is 18.9. The maximum absolute atomic E-state index is 12.2. The molecular formula is C20H23NO5. The number of carbonyl (C=O) groups is 2. The van der Waals surface area contributed by atoms with Crippen molar-refractivity contribution in [3.05, 3.63) is 59.2 Å². The standard InChI is InChI=1S/C20H23NO5/c1-4-25-12-16-11-15(9-10-18(16)24-3)20(23)26-13-19(22)21-17-8-6-5-7-14(17)2/h5-11H,4,12-13H2,1-3H3,(H,21,22). The molecule has 6 heteroatoms. The molecule has 2 aromatic carbocycles. The van der Waals surface area contributed by atoms with E-state index in [1.807, 2.05) is 32.0 Å². The van der Waals surface area contributed by atoms with Crippen molar-refractivity contribution in [2.24, 2.45) is 0 Å². The summed E-state index contributed by atoms with van der Waals surface area (Å²) < 4.78 is 15.7. The van der Waals surface area contributed by atoms with Crippen molar-refractivity contribution in [2.75, 3.05) is 25.6 Å². The first-order valence-electron chi connectivity index (χ1n) is 8.32. The van der Waals surface area contributed by atoms with Crippen LogP contribution in [-0.2, 0) is 20.9 Å². The molecule has 138 valence electrons. The third-order valence-corrected chi connectivity index (χ3v) is 3.73. The van der Waals surface area contributed by atoms with Crippen LogP contribution < -0.4 is 10.1 Å². The summed E-state index contributed by atoms with van der Waals surface area (Å²) in [5.74, 6) is -0.340. The molecule has 0 saturated carbocycles. The summed E-state index contributed by atoms with van der Waals surface area (Å²) in [6.45, 7) is 4.29. The van der Waals surface area contributed by atoms with Gasteiger partial charge in [-0.05, 0) is 43.7 Å². The van der Waals surface area contributed by atoms with E-state index in [0.29, 0.717) is 30.2 Å². The molecule has 6 nitrogen and oxygen atoms in total. The van der Waals surface area contributed by atoms with E-state index in [0.717, 1.165) is 11.1 Å². The predicted molar refractivity (Wildman–Crippen MR) is 98.4 cm³/mol. The molecule has 1 amide bonds. The number of carbonyl (C=O) groups excluding carboxylic acids is 2. The van der Waals surface area contributed by atoms with E-state index in [1.165, 1.54) is 0 Å². The third-order valence-electron chi connectivity index (χ3n) is 3.73. The Labute approximate surface area is 153 Å². The van der Waals surface area contributed by atoms with E-state index in [1.54, 1.807) is 31.4 Å². The van der Waals surface area contributed by atoms with E-state index < -0.39 is 11.9 Å². The Morgan fingerprint density at radius 2 is 1.88 bits per heavy atom. The Hall–Kier alpha value is -2.86. The minimum absolute atomic E-state index is 0.328. The minimum Gasteiger partial charge on any atom is -0.496 e. The van der Waals surface area contributed by atoms with Crippen molar-refractivity contribution in [2.45, 2.75) is 20.5 Å². The maximum Gasteiger partial charge on any atom is 0.338 e. The molecule has 0 aliphatic heterocycles. The van der Waals surface area contributed by atoms with Crippen LogP contribution in [0.1, 0.15) is 28.4 Å². The normalized spacial score (nSPS) is 10.3. The highest BCUT2D eigenvalue weighted by molar-refractivity contribution is 5.96. The van der Waals surface area contributed by atoms with Gasteiger partial charge in [0, 0.05) is 17.9 Å². The molecule has 0 aliphatic carbocycles. The molecule has 26 heavy (non-hydrogen) atoms. The number of ether oxygens (including phenoxy) is 3. The average Bonchev–Trinajstić information content (AvgIpc) is 2.66. The molecule has 0 aliphatic rings. The number of methoxy groups -OCH3 is 1. The Bertz CT molecular complexity index is 773. The van der Waals surface area contributed by atoms with Gasteiger partial charge in [0.2, 0.25) is 0 Å². The molecule has 0 aromatic heterocycles. The third kappa shape index (κ3) is 5.32. The highest BCUT2D eigenvalue weighted by Gasteiger charge is 2.14. The van der Waals surface area contributed by atoms with Gasteiger partial charge in [0.25, 0.3) is 5.91 Å². The summed E-state index contributed by atoms with van der Waals surface area (Å²) in [5.41, 5.74) is 2.71. The fourth-order valence-electron chi connectivity index (χ4n) is 2.34. The molecule has 0 spiro atoms. The monoisotopic (exact) mass is 357 g/mol. The second-order valence-electron chi connectivity index (χ2n) is 5.60. The lowest BCUT2D eigenvalue weighted by molar-refractivity contribution is -0.119. The van der Waals surface area contributed by atoms with Gasteiger partial charge in [0.15, 0.2) is 6.61 Å². The SMILES string of the molecule is CCOCc1cc(C(=O)OCC(=O)Nc2ccccc2C)ccc1OC. The van der Waals surface area contributed by atoms with Crippen LogP contribution in [0.25, 0.3) is 0 Å². The van der Waals surface area contributed by atoms with Crippen LogP contribution >= 0.6 is 0 Å². The number of rotatable bonds is 8.